The van der Waals surface area contributed by atoms with Gasteiger partial charge in [-0.1, -0.05) is 12.1 Å². The van der Waals surface area contributed by atoms with Gasteiger partial charge in [0.25, 0.3) is 0 Å². The maximum Gasteiger partial charge on any atom is 0.231 e. The molecule has 178 valence electrons. The van der Waals surface area contributed by atoms with Crippen molar-refractivity contribution in [1.82, 2.24) is 9.97 Å². The molecule has 1 aromatic heterocycles. The van der Waals surface area contributed by atoms with Crippen molar-refractivity contribution in [3.8, 4) is 0 Å². The number of carbonyl (C=O) groups excluding carboxylic acids is 1. The van der Waals surface area contributed by atoms with Gasteiger partial charge in [0, 0.05) is 23.6 Å². The Labute approximate surface area is 207 Å². The van der Waals surface area contributed by atoms with Crippen LogP contribution in [0.3, 0.4) is 0 Å². The number of para-hydroxylation sites is 1. The average molecular weight is 544 g/mol. The summed E-state index contributed by atoms with van der Waals surface area (Å²) in [6.07, 6.45) is 1.95. The number of nitrogens with zero attached hydrogens (tertiary/aromatic N) is 3. The Bertz CT molecular complexity index is 1360. The van der Waals surface area contributed by atoms with E-state index >= 15 is 0 Å². The van der Waals surface area contributed by atoms with Crippen LogP contribution in [-0.4, -0.2) is 35.6 Å². The predicted octanol–water partition coefficient (Wildman–Crippen LogP) is 5.21. The first kappa shape index (κ1) is 24.2. The molecule has 1 amide bonds. The van der Waals surface area contributed by atoms with Crippen LogP contribution in [0.15, 0.2) is 58.0 Å². The third-order valence-corrected chi connectivity index (χ3v) is 8.32. The lowest BCUT2D eigenvalue weighted by atomic mass is 10.1. The second-order valence-corrected chi connectivity index (χ2v) is 11.9. The van der Waals surface area contributed by atoms with Crippen LogP contribution in [0.25, 0.3) is 0 Å². The Hall–Kier alpha value is -2.98. The van der Waals surface area contributed by atoms with E-state index in [-0.39, 0.29) is 16.8 Å². The molecule has 0 fully saturated rings. The van der Waals surface area contributed by atoms with Gasteiger partial charge >= 0.3 is 0 Å². The molecule has 1 aliphatic rings. The zero-order valence-electron chi connectivity index (χ0n) is 19.3. The number of amides is 1. The van der Waals surface area contributed by atoms with E-state index in [0.29, 0.717) is 28.3 Å². The smallest absolute Gasteiger partial charge is 0.231 e. The van der Waals surface area contributed by atoms with Gasteiger partial charge < -0.3 is 15.5 Å². The summed E-state index contributed by atoms with van der Waals surface area (Å²) < 4.78 is 26.2. The van der Waals surface area contributed by atoms with Crippen LogP contribution in [0.2, 0.25) is 0 Å². The number of hydrogen-bond donors (Lipinski definition) is 2. The summed E-state index contributed by atoms with van der Waals surface area (Å²) in [5, 5.41) is 5.75. The van der Waals surface area contributed by atoms with Crippen LogP contribution < -0.4 is 15.5 Å². The summed E-state index contributed by atoms with van der Waals surface area (Å²) in [4.78, 5) is 23.2. The summed E-state index contributed by atoms with van der Waals surface area (Å²) >= 11 is 3.44. The van der Waals surface area contributed by atoms with Crippen LogP contribution in [0, 0.1) is 0 Å². The monoisotopic (exact) mass is 543 g/mol. The highest BCUT2D eigenvalue weighted by Crippen LogP contribution is 2.34. The minimum Gasteiger partial charge on any atom is -0.338 e. The molecule has 4 rings (SSSR count). The maximum absolute atomic E-state index is 12.8. The number of halogens is 1. The van der Waals surface area contributed by atoms with E-state index in [1.165, 1.54) is 0 Å². The fourth-order valence-corrected chi connectivity index (χ4v) is 5.32. The van der Waals surface area contributed by atoms with Crippen molar-refractivity contribution in [2.24, 2.45) is 0 Å². The van der Waals surface area contributed by atoms with Crippen LogP contribution in [0.4, 0.5) is 28.8 Å². The molecule has 0 saturated heterocycles. The molecule has 2 heterocycles. The molecule has 0 spiro atoms. The molecule has 0 unspecified atom stereocenters. The SMILES string of the molecule is CC(C)N1C(=O)Cc2cc(Nc3ncc(Br)c(Nc4ccccc4S(=O)(=O)C(C)C)n3)ccc21. The topological polar surface area (TPSA) is 104 Å². The van der Waals surface area contributed by atoms with E-state index in [0.717, 1.165) is 16.9 Å². The number of rotatable bonds is 7. The highest BCUT2D eigenvalue weighted by Gasteiger charge is 2.29. The average Bonchev–Trinajstić information content (AvgIpc) is 3.11. The zero-order chi connectivity index (χ0) is 24.6. The quantitative estimate of drug-likeness (QED) is 0.421. The maximum atomic E-state index is 12.8. The normalized spacial score (nSPS) is 13.5. The van der Waals surface area contributed by atoms with Gasteiger partial charge in [0.2, 0.25) is 11.9 Å². The first-order valence-corrected chi connectivity index (χ1v) is 13.3. The molecule has 2 N–H and O–H groups in total. The third-order valence-electron chi connectivity index (χ3n) is 5.53. The number of anilines is 5. The van der Waals surface area contributed by atoms with Gasteiger partial charge in [-0.2, -0.15) is 4.98 Å². The fourth-order valence-electron chi connectivity index (χ4n) is 3.83. The van der Waals surface area contributed by atoms with E-state index in [1.807, 2.05) is 32.0 Å². The van der Waals surface area contributed by atoms with E-state index in [2.05, 4.69) is 36.5 Å². The molecule has 2 aromatic carbocycles. The second-order valence-electron chi connectivity index (χ2n) is 8.61. The van der Waals surface area contributed by atoms with Gasteiger partial charge in [0.05, 0.1) is 26.7 Å². The van der Waals surface area contributed by atoms with Crippen LogP contribution in [0.5, 0.6) is 0 Å². The van der Waals surface area contributed by atoms with Gasteiger partial charge in [-0.05, 0) is 79.5 Å². The van der Waals surface area contributed by atoms with Crippen LogP contribution in [0.1, 0.15) is 33.3 Å². The minimum atomic E-state index is -3.49. The van der Waals surface area contributed by atoms with Gasteiger partial charge in [0.1, 0.15) is 5.82 Å². The van der Waals surface area contributed by atoms with Crippen LogP contribution >= 0.6 is 15.9 Å². The van der Waals surface area contributed by atoms with Crippen molar-refractivity contribution in [3.05, 3.63) is 58.7 Å². The highest BCUT2D eigenvalue weighted by atomic mass is 79.9. The van der Waals surface area contributed by atoms with E-state index in [4.69, 9.17) is 0 Å². The highest BCUT2D eigenvalue weighted by molar-refractivity contribution is 9.10. The molecule has 3 aromatic rings. The lowest BCUT2D eigenvalue weighted by Gasteiger charge is -2.22. The van der Waals surface area contributed by atoms with Crippen molar-refractivity contribution < 1.29 is 13.2 Å². The number of fused-ring (bicyclic) bond motifs is 1. The standard InChI is InChI=1S/C24H26BrN5O3S/c1-14(2)30-20-10-9-17(11-16(20)12-22(30)31)27-24-26-13-18(25)23(29-24)28-19-7-5-6-8-21(19)34(32,33)15(3)4/h5-11,13-15H,12H2,1-4H3,(H2,26,27,28,29). The first-order valence-electron chi connectivity index (χ1n) is 10.9. The molecule has 0 aliphatic carbocycles. The Balaban J connectivity index is 1.61. The Morgan fingerprint density at radius 1 is 1.06 bits per heavy atom. The second kappa shape index (κ2) is 9.34. The summed E-state index contributed by atoms with van der Waals surface area (Å²) in [6.45, 7) is 7.29. The number of nitrogens with one attached hydrogen (secondary N) is 2. The molecular formula is C24H26BrN5O3S. The molecular weight excluding hydrogens is 518 g/mol. The zero-order valence-corrected chi connectivity index (χ0v) is 21.7. The number of benzene rings is 2. The molecule has 0 bridgehead atoms. The summed E-state index contributed by atoms with van der Waals surface area (Å²) in [6, 6.07) is 12.6. The lowest BCUT2D eigenvalue weighted by Crippen LogP contribution is -2.33. The largest absolute Gasteiger partial charge is 0.338 e. The molecule has 0 radical (unpaired) electrons. The van der Waals surface area contributed by atoms with Crippen LogP contribution in [-0.2, 0) is 21.1 Å². The van der Waals surface area contributed by atoms with Crippen molar-refractivity contribution >= 4 is 60.5 Å². The lowest BCUT2D eigenvalue weighted by molar-refractivity contribution is -0.117. The van der Waals surface area contributed by atoms with E-state index < -0.39 is 15.1 Å². The van der Waals surface area contributed by atoms with E-state index in [9.17, 15) is 13.2 Å². The first-order chi connectivity index (χ1) is 16.1. The third kappa shape index (κ3) is 4.65. The molecule has 10 heteroatoms. The van der Waals surface area contributed by atoms with Crippen molar-refractivity contribution in [3.63, 3.8) is 0 Å². The molecule has 0 saturated carbocycles. The predicted molar refractivity (Wildman–Crippen MR) is 138 cm³/mol. The van der Waals surface area contributed by atoms with Gasteiger partial charge in [0.15, 0.2) is 9.84 Å². The fraction of sp³-hybridized carbons (Fsp3) is 0.292. The Morgan fingerprint density at radius 2 is 1.79 bits per heavy atom. The Kier molecular flexibility index (Phi) is 6.64. The number of aromatic nitrogens is 2. The number of carbonyl (C=O) groups is 1. The molecule has 34 heavy (non-hydrogen) atoms. The minimum absolute atomic E-state index is 0.0866. The Morgan fingerprint density at radius 3 is 2.50 bits per heavy atom. The molecule has 1 aliphatic heterocycles. The summed E-state index contributed by atoms with van der Waals surface area (Å²) in [7, 11) is -3.49. The number of sulfone groups is 1. The molecule has 0 atom stereocenters. The van der Waals surface area contributed by atoms with Crippen molar-refractivity contribution in [2.75, 3.05) is 15.5 Å². The molecule has 8 nitrogen and oxygen atoms in total. The summed E-state index contributed by atoms with van der Waals surface area (Å²) in [5.74, 6) is 0.842. The summed E-state index contributed by atoms with van der Waals surface area (Å²) in [5.41, 5.74) is 3.07. The number of hydrogen-bond acceptors (Lipinski definition) is 7. The van der Waals surface area contributed by atoms with Crippen molar-refractivity contribution in [1.29, 1.82) is 0 Å². The van der Waals surface area contributed by atoms with Gasteiger partial charge in [-0.3, -0.25) is 4.79 Å². The van der Waals surface area contributed by atoms with Crippen molar-refractivity contribution in [2.45, 2.75) is 50.3 Å². The van der Waals surface area contributed by atoms with Gasteiger partial charge in [-0.15, -0.1) is 0 Å². The van der Waals surface area contributed by atoms with Gasteiger partial charge in [-0.25, -0.2) is 13.4 Å². The van der Waals surface area contributed by atoms with E-state index in [1.54, 1.807) is 49.2 Å².